The van der Waals surface area contributed by atoms with Crippen LogP contribution in [0.15, 0.2) is 48.5 Å². The van der Waals surface area contributed by atoms with Crippen LogP contribution in [0.1, 0.15) is 26.3 Å². The SMILES string of the molecule is CN(C)C(=O)c1ccc(C(=O)c2ccc([N+](=O)[O-])cc2)cc1. The van der Waals surface area contributed by atoms with Crippen LogP contribution in [0.5, 0.6) is 0 Å². The van der Waals surface area contributed by atoms with Crippen molar-refractivity contribution < 1.29 is 14.5 Å². The molecular formula is C16H14N2O4. The molecule has 2 rings (SSSR count). The second-order valence-electron chi connectivity index (χ2n) is 4.91. The van der Waals surface area contributed by atoms with Crippen LogP contribution in [0.2, 0.25) is 0 Å². The summed E-state index contributed by atoms with van der Waals surface area (Å²) < 4.78 is 0. The normalized spacial score (nSPS) is 10.1. The molecule has 0 aliphatic heterocycles. The molecule has 0 fully saturated rings. The van der Waals surface area contributed by atoms with Gasteiger partial charge in [-0.15, -0.1) is 0 Å². The largest absolute Gasteiger partial charge is 0.345 e. The molecule has 112 valence electrons. The van der Waals surface area contributed by atoms with Crippen molar-refractivity contribution in [2.45, 2.75) is 0 Å². The zero-order valence-electron chi connectivity index (χ0n) is 12.1. The summed E-state index contributed by atoms with van der Waals surface area (Å²) >= 11 is 0. The van der Waals surface area contributed by atoms with Gasteiger partial charge in [0.15, 0.2) is 5.78 Å². The van der Waals surface area contributed by atoms with E-state index in [1.54, 1.807) is 38.4 Å². The van der Waals surface area contributed by atoms with Crippen LogP contribution in [-0.2, 0) is 0 Å². The number of amides is 1. The topological polar surface area (TPSA) is 80.5 Å². The highest BCUT2D eigenvalue weighted by atomic mass is 16.6. The Bertz CT molecular complexity index is 719. The van der Waals surface area contributed by atoms with Gasteiger partial charge in [-0.1, -0.05) is 12.1 Å². The van der Waals surface area contributed by atoms with Crippen molar-refractivity contribution in [3.05, 3.63) is 75.3 Å². The van der Waals surface area contributed by atoms with Gasteiger partial charge in [-0.25, -0.2) is 0 Å². The summed E-state index contributed by atoms with van der Waals surface area (Å²) in [4.78, 5) is 35.6. The van der Waals surface area contributed by atoms with Crippen LogP contribution >= 0.6 is 0 Å². The molecule has 0 aliphatic rings. The average Bonchev–Trinajstić information content (AvgIpc) is 2.53. The number of nitrogens with zero attached hydrogens (tertiary/aromatic N) is 2. The summed E-state index contributed by atoms with van der Waals surface area (Å²) in [5.74, 6) is -0.395. The number of non-ortho nitro benzene ring substituents is 1. The summed E-state index contributed by atoms with van der Waals surface area (Å²) in [6, 6.07) is 11.7. The third-order valence-electron chi connectivity index (χ3n) is 3.14. The van der Waals surface area contributed by atoms with Crippen LogP contribution in [-0.4, -0.2) is 35.6 Å². The van der Waals surface area contributed by atoms with Crippen molar-refractivity contribution in [3.63, 3.8) is 0 Å². The van der Waals surface area contributed by atoms with Gasteiger partial charge in [-0.2, -0.15) is 0 Å². The quantitative estimate of drug-likeness (QED) is 0.493. The lowest BCUT2D eigenvalue weighted by Gasteiger charge is -2.10. The molecule has 0 radical (unpaired) electrons. The summed E-state index contributed by atoms with van der Waals surface area (Å²) in [5, 5.41) is 10.6. The minimum atomic E-state index is -0.518. The Hall–Kier alpha value is -3.02. The molecule has 6 heteroatoms. The predicted molar refractivity (Wildman–Crippen MR) is 81.0 cm³/mol. The molecular weight excluding hydrogens is 284 g/mol. The molecule has 1 amide bonds. The highest BCUT2D eigenvalue weighted by Crippen LogP contribution is 2.16. The predicted octanol–water partition coefficient (Wildman–Crippen LogP) is 2.53. The van der Waals surface area contributed by atoms with Gasteiger partial charge < -0.3 is 4.90 Å². The number of rotatable bonds is 4. The number of hydrogen-bond acceptors (Lipinski definition) is 4. The molecule has 6 nitrogen and oxygen atoms in total. The monoisotopic (exact) mass is 298 g/mol. The van der Waals surface area contributed by atoms with Crippen molar-refractivity contribution in [1.29, 1.82) is 0 Å². The Morgan fingerprint density at radius 1 is 0.864 bits per heavy atom. The molecule has 0 heterocycles. The fraction of sp³-hybridized carbons (Fsp3) is 0.125. The molecule has 0 saturated heterocycles. The van der Waals surface area contributed by atoms with E-state index in [1.165, 1.54) is 29.2 Å². The van der Waals surface area contributed by atoms with Crippen LogP contribution in [0, 0.1) is 10.1 Å². The van der Waals surface area contributed by atoms with E-state index in [0.29, 0.717) is 16.7 Å². The summed E-state index contributed by atoms with van der Waals surface area (Å²) in [7, 11) is 3.30. The van der Waals surface area contributed by atoms with Crippen LogP contribution in [0.4, 0.5) is 5.69 Å². The Kier molecular flexibility index (Phi) is 4.31. The smallest absolute Gasteiger partial charge is 0.269 e. The maximum absolute atomic E-state index is 12.3. The number of hydrogen-bond donors (Lipinski definition) is 0. The van der Waals surface area contributed by atoms with E-state index in [1.807, 2.05) is 0 Å². The second-order valence-corrected chi connectivity index (χ2v) is 4.91. The lowest BCUT2D eigenvalue weighted by molar-refractivity contribution is -0.384. The molecule has 0 bridgehead atoms. The first-order valence-corrected chi connectivity index (χ1v) is 6.51. The summed E-state index contributed by atoms with van der Waals surface area (Å²) in [6.45, 7) is 0. The molecule has 0 atom stereocenters. The van der Waals surface area contributed by atoms with Crippen molar-refractivity contribution >= 4 is 17.4 Å². The Balaban J connectivity index is 2.22. The maximum atomic E-state index is 12.3. The highest BCUT2D eigenvalue weighted by molar-refractivity contribution is 6.09. The number of carbonyl (C=O) groups is 2. The van der Waals surface area contributed by atoms with E-state index in [4.69, 9.17) is 0 Å². The van der Waals surface area contributed by atoms with Crippen molar-refractivity contribution in [3.8, 4) is 0 Å². The van der Waals surface area contributed by atoms with E-state index in [9.17, 15) is 19.7 Å². The highest BCUT2D eigenvalue weighted by Gasteiger charge is 2.13. The van der Waals surface area contributed by atoms with E-state index < -0.39 is 4.92 Å². The number of nitro benzene ring substituents is 1. The molecule has 0 spiro atoms. The molecule has 0 aromatic heterocycles. The molecule has 0 saturated carbocycles. The summed E-state index contributed by atoms with van der Waals surface area (Å²) in [6.07, 6.45) is 0. The zero-order chi connectivity index (χ0) is 16.3. The Morgan fingerprint density at radius 2 is 1.27 bits per heavy atom. The number of benzene rings is 2. The minimum Gasteiger partial charge on any atom is -0.345 e. The summed E-state index contributed by atoms with van der Waals surface area (Å²) in [5.41, 5.74) is 1.20. The Labute approximate surface area is 127 Å². The Morgan fingerprint density at radius 3 is 1.68 bits per heavy atom. The van der Waals surface area contributed by atoms with Gasteiger partial charge in [0, 0.05) is 42.9 Å². The first-order valence-electron chi connectivity index (χ1n) is 6.51. The lowest BCUT2D eigenvalue weighted by atomic mass is 10.0. The van der Waals surface area contributed by atoms with Crippen LogP contribution in [0.3, 0.4) is 0 Å². The fourth-order valence-corrected chi connectivity index (χ4v) is 1.92. The zero-order valence-corrected chi connectivity index (χ0v) is 12.1. The first-order chi connectivity index (χ1) is 10.4. The van der Waals surface area contributed by atoms with Gasteiger partial charge in [0.1, 0.15) is 0 Å². The van der Waals surface area contributed by atoms with Crippen LogP contribution < -0.4 is 0 Å². The minimum absolute atomic E-state index is 0.0662. The van der Waals surface area contributed by atoms with E-state index >= 15 is 0 Å². The average molecular weight is 298 g/mol. The maximum Gasteiger partial charge on any atom is 0.269 e. The van der Waals surface area contributed by atoms with E-state index in [2.05, 4.69) is 0 Å². The molecule has 2 aromatic rings. The molecule has 0 N–H and O–H groups in total. The van der Waals surface area contributed by atoms with Crippen molar-refractivity contribution in [2.24, 2.45) is 0 Å². The van der Waals surface area contributed by atoms with Crippen molar-refractivity contribution in [1.82, 2.24) is 4.90 Å². The van der Waals surface area contributed by atoms with Gasteiger partial charge in [0.2, 0.25) is 0 Å². The van der Waals surface area contributed by atoms with Crippen molar-refractivity contribution in [2.75, 3.05) is 14.1 Å². The molecule has 2 aromatic carbocycles. The number of nitro groups is 1. The van der Waals surface area contributed by atoms with Gasteiger partial charge in [0.25, 0.3) is 11.6 Å². The lowest BCUT2D eigenvalue weighted by Crippen LogP contribution is -2.21. The molecule has 22 heavy (non-hydrogen) atoms. The number of ketones is 1. The van der Waals surface area contributed by atoms with E-state index in [-0.39, 0.29) is 17.4 Å². The van der Waals surface area contributed by atoms with Gasteiger partial charge in [-0.3, -0.25) is 19.7 Å². The first kappa shape index (κ1) is 15.4. The third-order valence-corrected chi connectivity index (χ3v) is 3.14. The van der Waals surface area contributed by atoms with Crippen LogP contribution in [0.25, 0.3) is 0 Å². The van der Waals surface area contributed by atoms with Gasteiger partial charge in [0.05, 0.1) is 4.92 Å². The van der Waals surface area contributed by atoms with Gasteiger partial charge in [-0.05, 0) is 24.3 Å². The fourth-order valence-electron chi connectivity index (χ4n) is 1.92. The van der Waals surface area contributed by atoms with Gasteiger partial charge >= 0.3 is 0 Å². The third kappa shape index (κ3) is 3.17. The standard InChI is InChI=1S/C16H14N2O4/c1-17(2)16(20)13-5-3-11(4-6-13)15(19)12-7-9-14(10-8-12)18(21)22/h3-10H,1-2H3. The number of carbonyl (C=O) groups excluding carboxylic acids is 2. The van der Waals surface area contributed by atoms with E-state index in [0.717, 1.165) is 0 Å². The second kappa shape index (κ2) is 6.17. The molecule has 0 unspecified atom stereocenters. The molecule has 0 aliphatic carbocycles.